The molecule has 0 amide bonds. The van der Waals surface area contributed by atoms with E-state index in [1.807, 2.05) is 12.1 Å². The molecule has 2 saturated heterocycles. The van der Waals surface area contributed by atoms with Gasteiger partial charge >= 0.3 is 21.4 Å². The molecule has 0 saturated carbocycles. The Hall–Kier alpha value is -2.03. The van der Waals surface area contributed by atoms with Crippen LogP contribution in [0, 0.1) is 0 Å². The van der Waals surface area contributed by atoms with Gasteiger partial charge in [0, 0.05) is 24.0 Å². The fraction of sp³-hybridized carbons (Fsp3) is 0.400. The van der Waals surface area contributed by atoms with Crippen LogP contribution in [0.3, 0.4) is 0 Å². The second-order valence-electron chi connectivity index (χ2n) is 7.81. The van der Waals surface area contributed by atoms with Gasteiger partial charge in [0.05, 0.1) is 0 Å². The quantitative estimate of drug-likeness (QED) is 0.199. The zero-order valence-electron chi connectivity index (χ0n) is 19.1. The first-order chi connectivity index (χ1) is 17.3. The molecule has 3 aromatic rings. The van der Waals surface area contributed by atoms with Gasteiger partial charge in [-0.3, -0.25) is 9.36 Å². The lowest BCUT2D eigenvalue weighted by molar-refractivity contribution is -0.149. The SMILES string of the molecule is [B][P+]1(OCOC(C)=O)OC[C@H]2O[C@@H](n3c(Sc4ccc(Cl)cc4)nc4c(N)ncnc43)[C@H](OC)[C@@H]2O1. The Morgan fingerprint density at radius 3 is 2.86 bits per heavy atom. The largest absolute Gasteiger partial charge is 0.488 e. The average molecular weight is 553 g/mol. The van der Waals surface area contributed by atoms with Gasteiger partial charge in [0.1, 0.15) is 25.1 Å². The summed E-state index contributed by atoms with van der Waals surface area (Å²) in [6.45, 7) is 0.934. The number of carbonyl (C=O) groups is 1. The van der Waals surface area contributed by atoms with Crippen molar-refractivity contribution in [2.45, 2.75) is 41.5 Å². The second kappa shape index (κ2) is 10.4. The molecular weight excluding hydrogens is 532 g/mol. The maximum atomic E-state index is 11.1. The number of imidazole rings is 1. The van der Waals surface area contributed by atoms with Crippen LogP contribution in [-0.4, -0.2) is 71.9 Å². The number of methoxy groups -OCH3 is 1. The number of rotatable bonds is 7. The van der Waals surface area contributed by atoms with Gasteiger partial charge in [-0.15, -0.1) is 0 Å². The van der Waals surface area contributed by atoms with E-state index in [0.29, 0.717) is 21.3 Å². The molecule has 188 valence electrons. The number of esters is 1. The number of hydrogen-bond acceptors (Lipinski definition) is 12. The summed E-state index contributed by atoms with van der Waals surface area (Å²) < 4.78 is 35.8. The molecule has 2 aromatic heterocycles. The summed E-state index contributed by atoms with van der Waals surface area (Å²) in [6, 6.07) is 7.32. The van der Waals surface area contributed by atoms with Crippen molar-refractivity contribution in [1.29, 1.82) is 0 Å². The van der Waals surface area contributed by atoms with Crippen molar-refractivity contribution >= 4 is 61.7 Å². The van der Waals surface area contributed by atoms with Crippen LogP contribution in [0.15, 0.2) is 40.6 Å². The second-order valence-corrected chi connectivity index (χ2v) is 11.1. The molecule has 2 radical (unpaired) electrons. The van der Waals surface area contributed by atoms with E-state index < -0.39 is 45.1 Å². The average Bonchev–Trinajstić information content (AvgIpc) is 3.37. The van der Waals surface area contributed by atoms with E-state index in [2.05, 4.69) is 9.97 Å². The Morgan fingerprint density at radius 1 is 1.36 bits per heavy atom. The zero-order chi connectivity index (χ0) is 25.4. The highest BCUT2D eigenvalue weighted by Crippen LogP contribution is 2.63. The van der Waals surface area contributed by atoms with Crippen LogP contribution < -0.4 is 5.73 Å². The van der Waals surface area contributed by atoms with Crippen LogP contribution in [0.2, 0.25) is 5.02 Å². The molecule has 36 heavy (non-hydrogen) atoms. The van der Waals surface area contributed by atoms with Gasteiger partial charge in [0.15, 0.2) is 34.5 Å². The van der Waals surface area contributed by atoms with Crippen molar-refractivity contribution in [3.05, 3.63) is 35.6 Å². The van der Waals surface area contributed by atoms with E-state index in [1.54, 1.807) is 16.7 Å². The molecule has 5 rings (SSSR count). The van der Waals surface area contributed by atoms with Gasteiger partial charge in [-0.1, -0.05) is 23.4 Å². The molecule has 1 aromatic carbocycles. The standard InChI is InChI=1S/C20H21BClN5O7PS/c1-10(28)30-9-32-35(21)31-7-13-15(34-35)16(29-2)19(33-13)27-18-14(17(23)24-8-25-18)26-20(27)36-12-5-3-11(22)4-6-12/h3-6,8,13,15-16,19H,7,9H2,1-2H3,(H2,23,24,25)/q+1/t13-,15-,16-,19-,35?/m1/s1. The van der Waals surface area contributed by atoms with Gasteiger partial charge in [-0.05, 0) is 24.3 Å². The Bertz CT molecular complexity index is 1270. The molecule has 16 heteroatoms. The molecule has 1 unspecified atom stereocenters. The van der Waals surface area contributed by atoms with Gasteiger partial charge in [-0.2, -0.15) is 13.6 Å². The van der Waals surface area contributed by atoms with Crippen molar-refractivity contribution in [3.8, 4) is 0 Å². The summed E-state index contributed by atoms with van der Waals surface area (Å²) in [7, 11) is 4.45. The molecule has 2 aliphatic rings. The molecule has 12 nitrogen and oxygen atoms in total. The minimum absolute atomic E-state index is 0.0782. The number of benzene rings is 1. The maximum absolute atomic E-state index is 11.1. The van der Waals surface area contributed by atoms with E-state index in [1.165, 1.54) is 32.1 Å². The van der Waals surface area contributed by atoms with E-state index in [0.717, 1.165) is 4.90 Å². The van der Waals surface area contributed by atoms with Crippen molar-refractivity contribution in [3.63, 3.8) is 0 Å². The Labute approximate surface area is 217 Å². The Morgan fingerprint density at radius 2 is 2.14 bits per heavy atom. The fourth-order valence-corrected chi connectivity index (χ4v) is 6.25. The molecular formula is C20H21BClN5O7PS+. The third-order valence-electron chi connectivity index (χ3n) is 5.49. The predicted octanol–water partition coefficient (Wildman–Crippen LogP) is 2.92. The minimum atomic E-state index is -3.30. The summed E-state index contributed by atoms with van der Waals surface area (Å²) in [5.74, 6) is -0.291. The maximum Gasteiger partial charge on any atom is 0.488 e. The first kappa shape index (κ1) is 25.6. The molecule has 0 bridgehead atoms. The Kier molecular flexibility index (Phi) is 7.39. The smallest absolute Gasteiger partial charge is 0.434 e. The van der Waals surface area contributed by atoms with Crippen LogP contribution in [0.1, 0.15) is 13.2 Å². The summed E-state index contributed by atoms with van der Waals surface area (Å²) in [6.07, 6.45) is -1.18. The number of nitrogen functional groups attached to an aromatic ring is 1. The lowest BCUT2D eigenvalue weighted by Crippen LogP contribution is -2.42. The van der Waals surface area contributed by atoms with Crippen LogP contribution in [0.25, 0.3) is 11.2 Å². The number of hydrogen-bond donors (Lipinski definition) is 1. The van der Waals surface area contributed by atoms with Crippen molar-refractivity contribution in [2.24, 2.45) is 0 Å². The van der Waals surface area contributed by atoms with Gasteiger partial charge in [0.2, 0.25) is 6.79 Å². The highest BCUT2D eigenvalue weighted by Gasteiger charge is 2.59. The topological polar surface area (TPSA) is 142 Å². The fourth-order valence-electron chi connectivity index (χ4n) is 3.87. The molecule has 2 N–H and O–H groups in total. The van der Waals surface area contributed by atoms with E-state index >= 15 is 0 Å². The zero-order valence-corrected chi connectivity index (χ0v) is 21.6. The van der Waals surface area contributed by atoms with Gasteiger partial charge < -0.3 is 19.9 Å². The molecule has 2 fully saturated rings. The summed E-state index contributed by atoms with van der Waals surface area (Å²) in [5, 5.41) is 1.17. The molecule has 0 spiro atoms. The number of fused-ring (bicyclic) bond motifs is 2. The monoisotopic (exact) mass is 552 g/mol. The van der Waals surface area contributed by atoms with Crippen molar-refractivity contribution in [1.82, 2.24) is 19.5 Å². The van der Waals surface area contributed by atoms with Crippen molar-refractivity contribution < 1.29 is 32.6 Å². The first-order valence-electron chi connectivity index (χ1n) is 10.7. The van der Waals surface area contributed by atoms with E-state index in [4.69, 9.17) is 57.7 Å². The van der Waals surface area contributed by atoms with Crippen molar-refractivity contribution in [2.75, 3.05) is 26.2 Å². The first-order valence-corrected chi connectivity index (χ1v) is 13.5. The number of nitrogens with two attached hydrogens (primary N) is 1. The summed E-state index contributed by atoms with van der Waals surface area (Å²) in [4.78, 5) is 25.1. The normalized spacial score (nSPS) is 27.8. The minimum Gasteiger partial charge on any atom is -0.434 e. The van der Waals surface area contributed by atoms with Crippen LogP contribution >= 0.6 is 31.2 Å². The number of anilines is 1. The number of halogens is 1. The number of carbonyl (C=O) groups excluding carboxylic acids is 1. The number of ether oxygens (including phenoxy) is 3. The number of nitrogens with zero attached hydrogens (tertiary/aromatic N) is 4. The third kappa shape index (κ3) is 5.05. The van der Waals surface area contributed by atoms with Crippen LogP contribution in [0.4, 0.5) is 5.82 Å². The molecule has 0 aliphatic carbocycles. The van der Waals surface area contributed by atoms with Crippen LogP contribution in [-0.2, 0) is 32.6 Å². The van der Waals surface area contributed by atoms with Gasteiger partial charge in [0.25, 0.3) is 0 Å². The van der Waals surface area contributed by atoms with E-state index in [9.17, 15) is 4.79 Å². The lowest BCUT2D eigenvalue weighted by Gasteiger charge is -2.31. The van der Waals surface area contributed by atoms with Crippen LogP contribution in [0.5, 0.6) is 0 Å². The molecule has 4 heterocycles. The summed E-state index contributed by atoms with van der Waals surface area (Å²) in [5.41, 5.74) is 6.99. The molecule has 2 aliphatic heterocycles. The van der Waals surface area contributed by atoms with E-state index in [-0.39, 0.29) is 12.4 Å². The number of aromatic nitrogens is 4. The van der Waals surface area contributed by atoms with Gasteiger partial charge in [-0.25, -0.2) is 15.0 Å². The highest BCUT2D eigenvalue weighted by molar-refractivity contribution is 7.99. The summed E-state index contributed by atoms with van der Waals surface area (Å²) >= 11 is 7.42. The lowest BCUT2D eigenvalue weighted by atomic mass is 10.1. The Balaban J connectivity index is 1.47. The highest BCUT2D eigenvalue weighted by atomic mass is 35.5. The third-order valence-corrected chi connectivity index (χ3v) is 8.23. The molecule has 5 atom stereocenters. The predicted molar refractivity (Wildman–Crippen MR) is 131 cm³/mol.